The average Bonchev–Trinajstić information content (AvgIpc) is 3.32. The van der Waals surface area contributed by atoms with E-state index in [2.05, 4.69) is 122 Å². The van der Waals surface area contributed by atoms with E-state index in [9.17, 15) is 0 Å². The number of hydrogen-bond donors (Lipinski definition) is 0. The third-order valence-corrected chi connectivity index (χ3v) is 6.43. The van der Waals surface area contributed by atoms with E-state index in [0.717, 1.165) is 50.2 Å². The first-order valence-corrected chi connectivity index (χ1v) is 11.9. The molecule has 0 saturated heterocycles. The highest BCUT2D eigenvalue weighted by molar-refractivity contribution is 5.96. The van der Waals surface area contributed by atoms with Gasteiger partial charge in [-0.3, -0.25) is 4.98 Å². The Bertz CT molecular complexity index is 1660. The number of benzene rings is 4. The van der Waals surface area contributed by atoms with Crippen molar-refractivity contribution < 1.29 is 4.42 Å². The SMILES string of the molecule is Cc1cccc(-c2cc3cc(-c4cccc(-c5cc(C)ccn5)c4)c(-c4ccccc4)cc3o2)c1. The lowest BCUT2D eigenvalue weighted by Crippen LogP contribution is -1.88. The highest BCUT2D eigenvalue weighted by Crippen LogP contribution is 2.39. The van der Waals surface area contributed by atoms with Crippen LogP contribution in [-0.2, 0) is 0 Å². The van der Waals surface area contributed by atoms with Gasteiger partial charge in [-0.2, -0.15) is 0 Å². The maximum absolute atomic E-state index is 6.36. The van der Waals surface area contributed by atoms with Crippen LogP contribution in [0.5, 0.6) is 0 Å². The van der Waals surface area contributed by atoms with Crippen molar-refractivity contribution >= 4 is 11.0 Å². The molecule has 0 aliphatic rings. The molecule has 168 valence electrons. The van der Waals surface area contributed by atoms with Gasteiger partial charge in [0.1, 0.15) is 11.3 Å². The Morgan fingerprint density at radius 1 is 0.543 bits per heavy atom. The van der Waals surface area contributed by atoms with E-state index >= 15 is 0 Å². The van der Waals surface area contributed by atoms with Gasteiger partial charge < -0.3 is 4.42 Å². The number of aromatic nitrogens is 1. The molecule has 0 radical (unpaired) electrons. The minimum atomic E-state index is 0.887. The molecule has 0 atom stereocenters. The predicted molar refractivity (Wildman–Crippen MR) is 145 cm³/mol. The zero-order valence-electron chi connectivity index (χ0n) is 19.8. The van der Waals surface area contributed by atoms with Crippen LogP contribution < -0.4 is 0 Å². The number of furan rings is 1. The topological polar surface area (TPSA) is 26.0 Å². The third kappa shape index (κ3) is 4.15. The molecule has 4 aromatic carbocycles. The molecule has 6 aromatic rings. The average molecular weight is 452 g/mol. The summed E-state index contributed by atoms with van der Waals surface area (Å²) in [6.45, 7) is 4.20. The molecule has 2 nitrogen and oxygen atoms in total. The molecule has 2 heteroatoms. The minimum absolute atomic E-state index is 0.887. The number of nitrogens with zero attached hydrogens (tertiary/aromatic N) is 1. The molecule has 6 rings (SSSR count). The summed E-state index contributed by atoms with van der Waals surface area (Å²) in [6.07, 6.45) is 1.87. The summed E-state index contributed by atoms with van der Waals surface area (Å²) in [5.74, 6) is 0.887. The quantitative estimate of drug-likeness (QED) is 0.267. The highest BCUT2D eigenvalue weighted by atomic mass is 16.3. The van der Waals surface area contributed by atoms with Gasteiger partial charge in [0.25, 0.3) is 0 Å². The fraction of sp³-hybridized carbons (Fsp3) is 0.0606. The van der Waals surface area contributed by atoms with E-state index in [1.807, 2.05) is 12.3 Å². The Hall–Kier alpha value is -4.43. The third-order valence-electron chi connectivity index (χ3n) is 6.43. The van der Waals surface area contributed by atoms with Crippen molar-refractivity contribution in [3.8, 4) is 44.8 Å². The first-order valence-electron chi connectivity index (χ1n) is 11.9. The van der Waals surface area contributed by atoms with Crippen LogP contribution in [0.25, 0.3) is 55.8 Å². The van der Waals surface area contributed by atoms with Gasteiger partial charge in [-0.05, 0) is 84.1 Å². The molecular formula is C33H25NO. The van der Waals surface area contributed by atoms with Crippen molar-refractivity contribution in [2.75, 3.05) is 0 Å². The molecular weight excluding hydrogens is 426 g/mol. The summed E-state index contributed by atoms with van der Waals surface area (Å²) in [4.78, 5) is 4.60. The Balaban J connectivity index is 1.55. The lowest BCUT2D eigenvalue weighted by molar-refractivity contribution is 0.631. The first-order chi connectivity index (χ1) is 17.1. The fourth-order valence-electron chi connectivity index (χ4n) is 4.66. The zero-order valence-corrected chi connectivity index (χ0v) is 19.8. The number of aryl methyl sites for hydroxylation is 2. The van der Waals surface area contributed by atoms with Crippen LogP contribution in [0, 0.1) is 13.8 Å². The van der Waals surface area contributed by atoms with Gasteiger partial charge in [0.15, 0.2) is 0 Å². The summed E-state index contributed by atoms with van der Waals surface area (Å²) in [6, 6.07) is 38.3. The van der Waals surface area contributed by atoms with Crippen molar-refractivity contribution in [1.82, 2.24) is 4.98 Å². The van der Waals surface area contributed by atoms with E-state index < -0.39 is 0 Å². The van der Waals surface area contributed by atoms with Gasteiger partial charge in [-0.1, -0.05) is 72.3 Å². The number of rotatable bonds is 4. The van der Waals surface area contributed by atoms with Gasteiger partial charge >= 0.3 is 0 Å². The van der Waals surface area contributed by atoms with Gasteiger partial charge in [0.2, 0.25) is 0 Å². The van der Waals surface area contributed by atoms with E-state index in [1.54, 1.807) is 0 Å². The lowest BCUT2D eigenvalue weighted by Gasteiger charge is -2.12. The molecule has 0 saturated carbocycles. The Kier molecular flexibility index (Phi) is 5.27. The van der Waals surface area contributed by atoms with Gasteiger partial charge in [-0.15, -0.1) is 0 Å². The molecule has 0 spiro atoms. The van der Waals surface area contributed by atoms with E-state index in [1.165, 1.54) is 16.7 Å². The Morgan fingerprint density at radius 2 is 1.26 bits per heavy atom. The summed E-state index contributed by atoms with van der Waals surface area (Å²) in [7, 11) is 0. The second-order valence-electron chi connectivity index (χ2n) is 9.08. The molecule has 0 aliphatic carbocycles. The van der Waals surface area contributed by atoms with Crippen LogP contribution in [0.4, 0.5) is 0 Å². The smallest absolute Gasteiger partial charge is 0.135 e. The molecule has 0 unspecified atom stereocenters. The van der Waals surface area contributed by atoms with E-state index in [4.69, 9.17) is 4.42 Å². The molecule has 0 aliphatic heterocycles. The standard InChI is InChI=1S/C33H25NO/c1-22-8-6-13-27(16-22)32-20-28-19-29(30(21-33(28)35-32)24-9-4-3-5-10-24)25-11-7-12-26(18-25)31-17-23(2)14-15-34-31/h3-21H,1-2H3. The molecule has 0 fully saturated rings. The second kappa shape index (κ2) is 8.73. The lowest BCUT2D eigenvalue weighted by atomic mass is 9.92. The van der Waals surface area contributed by atoms with E-state index in [0.29, 0.717) is 0 Å². The molecule has 0 amide bonds. The van der Waals surface area contributed by atoms with Crippen LogP contribution in [-0.4, -0.2) is 4.98 Å². The highest BCUT2D eigenvalue weighted by Gasteiger charge is 2.15. The maximum Gasteiger partial charge on any atom is 0.135 e. The van der Waals surface area contributed by atoms with Gasteiger partial charge in [0.05, 0.1) is 5.69 Å². The van der Waals surface area contributed by atoms with E-state index in [-0.39, 0.29) is 0 Å². The van der Waals surface area contributed by atoms with Crippen molar-refractivity contribution in [2.24, 2.45) is 0 Å². The Labute approximate surface area is 205 Å². The summed E-state index contributed by atoms with van der Waals surface area (Å²) in [5, 5.41) is 1.09. The predicted octanol–water partition coefficient (Wildman–Crippen LogP) is 9.11. The molecule has 0 N–H and O–H groups in total. The number of hydrogen-bond acceptors (Lipinski definition) is 2. The molecule has 2 heterocycles. The van der Waals surface area contributed by atoms with Crippen molar-refractivity contribution in [1.29, 1.82) is 0 Å². The molecule has 35 heavy (non-hydrogen) atoms. The molecule has 2 aromatic heterocycles. The first kappa shape index (κ1) is 21.1. The second-order valence-corrected chi connectivity index (χ2v) is 9.08. The normalized spacial score (nSPS) is 11.1. The fourth-order valence-corrected chi connectivity index (χ4v) is 4.66. The largest absolute Gasteiger partial charge is 0.456 e. The van der Waals surface area contributed by atoms with Crippen LogP contribution in [0.2, 0.25) is 0 Å². The van der Waals surface area contributed by atoms with Crippen LogP contribution in [0.1, 0.15) is 11.1 Å². The number of pyridine rings is 1. The van der Waals surface area contributed by atoms with Gasteiger partial charge in [-0.25, -0.2) is 0 Å². The van der Waals surface area contributed by atoms with Gasteiger partial charge in [0, 0.05) is 22.7 Å². The monoisotopic (exact) mass is 451 g/mol. The zero-order chi connectivity index (χ0) is 23.8. The van der Waals surface area contributed by atoms with Crippen LogP contribution in [0.15, 0.2) is 120 Å². The maximum atomic E-state index is 6.36. The molecule has 0 bridgehead atoms. The van der Waals surface area contributed by atoms with Crippen molar-refractivity contribution in [2.45, 2.75) is 13.8 Å². The van der Waals surface area contributed by atoms with Crippen molar-refractivity contribution in [3.05, 3.63) is 127 Å². The summed E-state index contributed by atoms with van der Waals surface area (Å²) in [5.41, 5.74) is 11.1. The minimum Gasteiger partial charge on any atom is -0.456 e. The summed E-state index contributed by atoms with van der Waals surface area (Å²) >= 11 is 0. The van der Waals surface area contributed by atoms with Crippen LogP contribution >= 0.6 is 0 Å². The number of fused-ring (bicyclic) bond motifs is 1. The summed E-state index contributed by atoms with van der Waals surface area (Å²) < 4.78 is 6.36. The van der Waals surface area contributed by atoms with Crippen LogP contribution in [0.3, 0.4) is 0 Å². The van der Waals surface area contributed by atoms with Crippen molar-refractivity contribution in [3.63, 3.8) is 0 Å². The Morgan fingerprint density at radius 3 is 2.09 bits per heavy atom.